The van der Waals surface area contributed by atoms with E-state index in [9.17, 15) is 4.79 Å². The van der Waals surface area contributed by atoms with Gasteiger partial charge in [0.1, 0.15) is 5.75 Å². The van der Waals surface area contributed by atoms with Crippen LogP contribution in [-0.2, 0) is 4.79 Å². The molecule has 2 rings (SSSR count). The first-order valence-electron chi connectivity index (χ1n) is 6.39. The number of para-hydroxylation sites is 1. The van der Waals surface area contributed by atoms with E-state index in [-0.39, 0.29) is 18.0 Å². The van der Waals surface area contributed by atoms with Gasteiger partial charge in [0.15, 0.2) is 0 Å². The lowest BCUT2D eigenvalue weighted by Gasteiger charge is -2.19. The van der Waals surface area contributed by atoms with Gasteiger partial charge in [0.05, 0.1) is 19.2 Å². The molecule has 1 aromatic rings. The lowest BCUT2D eigenvalue weighted by Crippen LogP contribution is -2.41. The monoisotopic (exact) mass is 248 g/mol. The van der Waals surface area contributed by atoms with E-state index in [1.54, 1.807) is 7.11 Å². The van der Waals surface area contributed by atoms with Crippen LogP contribution in [0.15, 0.2) is 24.3 Å². The number of carbonyl (C=O) groups excluding carboxylic acids is 1. The largest absolute Gasteiger partial charge is 0.496 e. The summed E-state index contributed by atoms with van der Waals surface area (Å²) in [5.41, 5.74) is 1.01. The second kappa shape index (κ2) is 5.87. The van der Waals surface area contributed by atoms with Crippen molar-refractivity contribution in [1.82, 2.24) is 10.6 Å². The van der Waals surface area contributed by atoms with Crippen LogP contribution in [0.4, 0.5) is 0 Å². The second-order valence-corrected chi connectivity index (χ2v) is 4.62. The van der Waals surface area contributed by atoms with E-state index in [1.807, 2.05) is 31.2 Å². The van der Waals surface area contributed by atoms with Crippen molar-refractivity contribution >= 4 is 5.91 Å². The maximum atomic E-state index is 12.0. The molecule has 98 valence electrons. The average molecular weight is 248 g/mol. The van der Waals surface area contributed by atoms with Crippen molar-refractivity contribution in [3.63, 3.8) is 0 Å². The van der Waals surface area contributed by atoms with Crippen LogP contribution in [0.3, 0.4) is 0 Å². The molecule has 1 saturated heterocycles. The molecule has 4 heteroatoms. The van der Waals surface area contributed by atoms with E-state index >= 15 is 0 Å². The zero-order valence-electron chi connectivity index (χ0n) is 10.9. The van der Waals surface area contributed by atoms with E-state index < -0.39 is 0 Å². The zero-order chi connectivity index (χ0) is 13.0. The first kappa shape index (κ1) is 12.9. The predicted molar refractivity (Wildman–Crippen MR) is 70.6 cm³/mol. The summed E-state index contributed by atoms with van der Waals surface area (Å²) < 4.78 is 5.31. The summed E-state index contributed by atoms with van der Waals surface area (Å²) in [6, 6.07) is 7.68. The van der Waals surface area contributed by atoms with Crippen LogP contribution in [0.2, 0.25) is 0 Å². The molecule has 0 unspecified atom stereocenters. The molecule has 1 fully saturated rings. The lowest BCUT2D eigenvalue weighted by atomic mass is 10.1. The van der Waals surface area contributed by atoms with Gasteiger partial charge in [-0.05, 0) is 32.4 Å². The van der Waals surface area contributed by atoms with Crippen molar-refractivity contribution in [1.29, 1.82) is 0 Å². The quantitative estimate of drug-likeness (QED) is 0.851. The van der Waals surface area contributed by atoms with Gasteiger partial charge in [-0.2, -0.15) is 0 Å². The van der Waals surface area contributed by atoms with Gasteiger partial charge in [0, 0.05) is 5.56 Å². The minimum absolute atomic E-state index is 0.0397. The minimum atomic E-state index is -0.0453. The summed E-state index contributed by atoms with van der Waals surface area (Å²) in [5, 5.41) is 6.23. The van der Waals surface area contributed by atoms with E-state index in [1.165, 1.54) is 0 Å². The number of hydrogen-bond acceptors (Lipinski definition) is 3. The fraction of sp³-hybridized carbons (Fsp3) is 0.500. The Bertz CT molecular complexity index is 414. The van der Waals surface area contributed by atoms with E-state index in [0.29, 0.717) is 0 Å². The van der Waals surface area contributed by atoms with E-state index in [2.05, 4.69) is 10.6 Å². The maximum absolute atomic E-state index is 12.0. The Morgan fingerprint density at radius 3 is 2.94 bits per heavy atom. The van der Waals surface area contributed by atoms with Crippen LogP contribution in [0.25, 0.3) is 0 Å². The molecule has 0 bridgehead atoms. The summed E-state index contributed by atoms with van der Waals surface area (Å²) in [4.78, 5) is 12.0. The van der Waals surface area contributed by atoms with Gasteiger partial charge >= 0.3 is 0 Å². The molecule has 0 aromatic heterocycles. The Morgan fingerprint density at radius 1 is 1.50 bits per heavy atom. The van der Waals surface area contributed by atoms with Crippen molar-refractivity contribution in [2.75, 3.05) is 13.7 Å². The van der Waals surface area contributed by atoms with Gasteiger partial charge in [0.2, 0.25) is 5.91 Å². The Kier molecular flexibility index (Phi) is 4.20. The molecule has 2 N–H and O–H groups in total. The molecule has 1 amide bonds. The van der Waals surface area contributed by atoms with Crippen molar-refractivity contribution in [3.05, 3.63) is 29.8 Å². The highest BCUT2D eigenvalue weighted by Gasteiger charge is 2.23. The summed E-state index contributed by atoms with van der Waals surface area (Å²) >= 11 is 0. The lowest BCUT2D eigenvalue weighted by molar-refractivity contribution is -0.123. The van der Waals surface area contributed by atoms with Crippen molar-refractivity contribution in [2.45, 2.75) is 31.8 Å². The number of methoxy groups -OCH3 is 1. The Hall–Kier alpha value is -1.55. The first-order chi connectivity index (χ1) is 8.72. The highest BCUT2D eigenvalue weighted by molar-refractivity contribution is 5.82. The minimum Gasteiger partial charge on any atom is -0.496 e. The van der Waals surface area contributed by atoms with Crippen molar-refractivity contribution in [3.8, 4) is 5.75 Å². The normalized spacial score (nSPS) is 20.4. The van der Waals surface area contributed by atoms with Gasteiger partial charge in [0.25, 0.3) is 0 Å². The Labute approximate surface area is 108 Å². The fourth-order valence-corrected chi connectivity index (χ4v) is 2.32. The fourth-order valence-electron chi connectivity index (χ4n) is 2.32. The molecule has 0 aliphatic carbocycles. The SMILES string of the molecule is COc1ccccc1[C@H](C)NC(=O)[C@H]1CCCN1. The third-order valence-electron chi connectivity index (χ3n) is 3.34. The van der Waals surface area contributed by atoms with Crippen LogP contribution >= 0.6 is 0 Å². The molecule has 18 heavy (non-hydrogen) atoms. The standard InChI is InChI=1S/C14H20N2O2/c1-10(11-6-3-4-8-13(11)18-2)16-14(17)12-7-5-9-15-12/h3-4,6,8,10,12,15H,5,7,9H2,1-2H3,(H,16,17)/t10-,12+/m0/s1. The van der Waals surface area contributed by atoms with Gasteiger partial charge in [-0.15, -0.1) is 0 Å². The molecule has 1 heterocycles. The highest BCUT2D eigenvalue weighted by Crippen LogP contribution is 2.24. The van der Waals surface area contributed by atoms with E-state index in [0.717, 1.165) is 30.7 Å². The summed E-state index contributed by atoms with van der Waals surface area (Å²) in [6.45, 7) is 2.91. The summed E-state index contributed by atoms with van der Waals surface area (Å²) in [5.74, 6) is 0.885. The number of rotatable bonds is 4. The Morgan fingerprint density at radius 2 is 2.28 bits per heavy atom. The zero-order valence-corrected chi connectivity index (χ0v) is 10.9. The second-order valence-electron chi connectivity index (χ2n) is 4.62. The topological polar surface area (TPSA) is 50.4 Å². The number of carbonyl (C=O) groups is 1. The highest BCUT2D eigenvalue weighted by atomic mass is 16.5. The summed E-state index contributed by atoms with van der Waals surface area (Å²) in [6.07, 6.45) is 1.99. The van der Waals surface area contributed by atoms with Gasteiger partial charge in [-0.25, -0.2) is 0 Å². The smallest absolute Gasteiger partial charge is 0.237 e. The van der Waals surface area contributed by atoms with Gasteiger partial charge < -0.3 is 15.4 Å². The number of amides is 1. The summed E-state index contributed by atoms with van der Waals surface area (Å²) in [7, 11) is 1.64. The van der Waals surface area contributed by atoms with E-state index in [4.69, 9.17) is 4.74 Å². The van der Waals surface area contributed by atoms with Crippen molar-refractivity contribution in [2.24, 2.45) is 0 Å². The molecule has 1 aliphatic heterocycles. The maximum Gasteiger partial charge on any atom is 0.237 e. The molecule has 0 spiro atoms. The van der Waals surface area contributed by atoms with Crippen LogP contribution in [0.5, 0.6) is 5.75 Å². The third kappa shape index (κ3) is 2.82. The molecule has 0 radical (unpaired) electrons. The number of ether oxygens (including phenoxy) is 1. The molecule has 1 aliphatic rings. The average Bonchev–Trinajstić information content (AvgIpc) is 2.92. The Balaban J connectivity index is 2.02. The molecule has 2 atom stereocenters. The number of hydrogen-bond donors (Lipinski definition) is 2. The van der Waals surface area contributed by atoms with Crippen LogP contribution in [-0.4, -0.2) is 25.6 Å². The third-order valence-corrected chi connectivity index (χ3v) is 3.34. The van der Waals surface area contributed by atoms with Crippen LogP contribution < -0.4 is 15.4 Å². The first-order valence-corrected chi connectivity index (χ1v) is 6.39. The molecular weight excluding hydrogens is 228 g/mol. The molecule has 1 aromatic carbocycles. The van der Waals surface area contributed by atoms with Crippen LogP contribution in [0, 0.1) is 0 Å². The number of benzene rings is 1. The molecule has 4 nitrogen and oxygen atoms in total. The number of nitrogens with one attached hydrogen (secondary N) is 2. The van der Waals surface area contributed by atoms with Gasteiger partial charge in [-0.3, -0.25) is 4.79 Å². The van der Waals surface area contributed by atoms with Crippen molar-refractivity contribution < 1.29 is 9.53 Å². The molecule has 0 saturated carbocycles. The molecular formula is C14H20N2O2. The van der Waals surface area contributed by atoms with Crippen LogP contribution in [0.1, 0.15) is 31.4 Å². The van der Waals surface area contributed by atoms with Gasteiger partial charge in [-0.1, -0.05) is 18.2 Å². The predicted octanol–water partition coefficient (Wildman–Crippen LogP) is 1.62.